The van der Waals surface area contributed by atoms with Crippen LogP contribution in [0.1, 0.15) is 37.8 Å². The molecular formula is C24H24N2O4S. The van der Waals surface area contributed by atoms with Gasteiger partial charge in [-0.05, 0) is 57.2 Å². The lowest BCUT2D eigenvalue weighted by Gasteiger charge is -2.27. The number of para-hydroxylation sites is 2. The number of carbonyl (C=O) groups is 1. The summed E-state index contributed by atoms with van der Waals surface area (Å²) in [6, 6.07) is 21.1. The quantitative estimate of drug-likeness (QED) is 0.624. The Balaban J connectivity index is 1.60. The average molecular weight is 437 g/mol. The number of hydrogen-bond acceptors (Lipinski definition) is 4. The van der Waals surface area contributed by atoms with Crippen molar-refractivity contribution < 1.29 is 17.9 Å². The Morgan fingerprint density at radius 1 is 0.839 bits per heavy atom. The molecule has 0 bridgehead atoms. The van der Waals surface area contributed by atoms with Gasteiger partial charge in [0.2, 0.25) is 15.9 Å². The maximum absolute atomic E-state index is 13.3. The molecule has 1 aliphatic rings. The first-order chi connectivity index (χ1) is 14.6. The van der Waals surface area contributed by atoms with Crippen LogP contribution in [0.15, 0.2) is 77.7 Å². The largest absolute Gasteiger partial charge is 0.457 e. The van der Waals surface area contributed by atoms with Crippen molar-refractivity contribution in [2.45, 2.75) is 37.1 Å². The van der Waals surface area contributed by atoms with E-state index in [0.717, 1.165) is 11.1 Å². The number of ether oxygens (including phenoxy) is 1. The van der Waals surface area contributed by atoms with Crippen LogP contribution in [0, 0.1) is 0 Å². The number of benzene rings is 3. The average Bonchev–Trinajstić information content (AvgIpc) is 2.70. The highest BCUT2D eigenvalue weighted by molar-refractivity contribution is 7.89. The van der Waals surface area contributed by atoms with Gasteiger partial charge in [0.15, 0.2) is 0 Å². The lowest BCUT2D eigenvalue weighted by Crippen LogP contribution is -2.40. The van der Waals surface area contributed by atoms with Crippen LogP contribution in [-0.4, -0.2) is 19.9 Å². The summed E-state index contributed by atoms with van der Waals surface area (Å²) in [5.41, 5.74) is 1.50. The van der Waals surface area contributed by atoms with Gasteiger partial charge in [0.05, 0.1) is 10.8 Å². The lowest BCUT2D eigenvalue weighted by atomic mass is 9.87. The summed E-state index contributed by atoms with van der Waals surface area (Å²) in [4.78, 5) is 13.4. The number of nitrogens with one attached hydrogen (secondary N) is 2. The molecule has 0 aromatic heterocycles. The van der Waals surface area contributed by atoms with Crippen molar-refractivity contribution in [3.05, 3.63) is 83.9 Å². The minimum absolute atomic E-state index is 0.141. The van der Waals surface area contributed by atoms with Gasteiger partial charge in [-0.2, -0.15) is 0 Å². The minimum Gasteiger partial charge on any atom is -0.457 e. The van der Waals surface area contributed by atoms with Gasteiger partial charge in [0.1, 0.15) is 11.5 Å². The lowest BCUT2D eigenvalue weighted by molar-refractivity contribution is -0.116. The molecule has 3 aromatic carbocycles. The second-order valence-corrected chi connectivity index (χ2v) is 10.2. The highest BCUT2D eigenvalue weighted by Gasteiger charge is 2.32. The summed E-state index contributed by atoms with van der Waals surface area (Å²) in [7, 11) is -3.64. The molecule has 0 aliphatic carbocycles. The van der Waals surface area contributed by atoms with Crippen LogP contribution in [0.2, 0.25) is 0 Å². The van der Waals surface area contributed by atoms with Crippen molar-refractivity contribution in [3.63, 3.8) is 0 Å². The van der Waals surface area contributed by atoms with E-state index in [1.54, 1.807) is 32.9 Å². The van der Waals surface area contributed by atoms with Crippen molar-refractivity contribution >= 4 is 21.6 Å². The SMILES string of the molecule is CC(C)(C)NS(=O)(=O)c1ccc(NC(=O)C2c3ccccc3Oc3ccccc32)cc1. The van der Waals surface area contributed by atoms with E-state index in [-0.39, 0.29) is 10.8 Å². The maximum atomic E-state index is 13.3. The van der Waals surface area contributed by atoms with Crippen LogP contribution in [0.25, 0.3) is 0 Å². The van der Waals surface area contributed by atoms with Crippen LogP contribution >= 0.6 is 0 Å². The molecule has 160 valence electrons. The van der Waals surface area contributed by atoms with E-state index in [1.807, 2.05) is 48.5 Å². The molecule has 0 fully saturated rings. The topological polar surface area (TPSA) is 84.5 Å². The zero-order valence-corrected chi connectivity index (χ0v) is 18.4. The van der Waals surface area contributed by atoms with Gasteiger partial charge in [-0.3, -0.25) is 4.79 Å². The van der Waals surface area contributed by atoms with E-state index < -0.39 is 21.5 Å². The number of hydrogen-bond donors (Lipinski definition) is 2. The summed E-state index contributed by atoms with van der Waals surface area (Å²) in [5.74, 6) is 0.547. The number of anilines is 1. The van der Waals surface area contributed by atoms with E-state index in [4.69, 9.17) is 4.74 Å². The Morgan fingerprint density at radius 3 is 1.87 bits per heavy atom. The molecule has 4 rings (SSSR count). The molecule has 0 atom stereocenters. The third-order valence-electron chi connectivity index (χ3n) is 4.81. The van der Waals surface area contributed by atoms with Crippen molar-refractivity contribution in [1.82, 2.24) is 4.72 Å². The van der Waals surface area contributed by atoms with Crippen molar-refractivity contribution in [2.75, 3.05) is 5.32 Å². The summed E-state index contributed by atoms with van der Waals surface area (Å²) in [6.45, 7) is 5.34. The third kappa shape index (κ3) is 4.47. The van der Waals surface area contributed by atoms with Crippen LogP contribution in [0.4, 0.5) is 5.69 Å². The number of carbonyl (C=O) groups excluding carboxylic acids is 1. The molecule has 3 aromatic rings. The van der Waals surface area contributed by atoms with Gasteiger partial charge in [0.25, 0.3) is 0 Å². The number of rotatable bonds is 4. The predicted molar refractivity (Wildman–Crippen MR) is 120 cm³/mol. The zero-order valence-electron chi connectivity index (χ0n) is 17.5. The van der Waals surface area contributed by atoms with Gasteiger partial charge in [-0.25, -0.2) is 13.1 Å². The standard InChI is InChI=1S/C24H24N2O4S/c1-24(2,3)26-31(28,29)17-14-12-16(13-15-17)25-23(27)22-18-8-4-6-10-20(18)30-21-11-7-5-9-19(21)22/h4-15,22,26H,1-3H3,(H,25,27). The van der Waals surface area contributed by atoms with Gasteiger partial charge in [-0.1, -0.05) is 36.4 Å². The Kier molecular flexibility index (Phi) is 5.33. The molecule has 0 saturated heterocycles. The second-order valence-electron chi connectivity index (χ2n) is 8.48. The molecule has 1 amide bonds. The molecule has 1 aliphatic heterocycles. The molecular weight excluding hydrogens is 412 g/mol. The molecule has 2 N–H and O–H groups in total. The smallest absolute Gasteiger partial charge is 0.241 e. The molecule has 0 radical (unpaired) electrons. The van der Waals surface area contributed by atoms with Gasteiger partial charge >= 0.3 is 0 Å². The van der Waals surface area contributed by atoms with E-state index in [0.29, 0.717) is 17.2 Å². The molecule has 7 heteroatoms. The normalized spacial score (nSPS) is 13.6. The molecule has 0 spiro atoms. The van der Waals surface area contributed by atoms with E-state index in [1.165, 1.54) is 12.1 Å². The van der Waals surface area contributed by atoms with Crippen LogP contribution in [-0.2, 0) is 14.8 Å². The zero-order chi connectivity index (χ0) is 22.2. The maximum Gasteiger partial charge on any atom is 0.241 e. The van der Waals surface area contributed by atoms with Gasteiger partial charge < -0.3 is 10.1 Å². The minimum atomic E-state index is -3.64. The van der Waals surface area contributed by atoms with Gasteiger partial charge in [-0.15, -0.1) is 0 Å². The fourth-order valence-electron chi connectivity index (χ4n) is 3.59. The molecule has 0 saturated carbocycles. The summed E-state index contributed by atoms with van der Waals surface area (Å²) in [6.07, 6.45) is 0. The molecule has 6 nitrogen and oxygen atoms in total. The molecule has 1 heterocycles. The number of sulfonamides is 1. The first-order valence-corrected chi connectivity index (χ1v) is 11.4. The van der Waals surface area contributed by atoms with E-state index in [9.17, 15) is 13.2 Å². The van der Waals surface area contributed by atoms with Crippen LogP contribution in [0.5, 0.6) is 11.5 Å². The highest BCUT2D eigenvalue weighted by Crippen LogP contribution is 2.44. The molecule has 31 heavy (non-hydrogen) atoms. The van der Waals surface area contributed by atoms with Gasteiger partial charge in [0, 0.05) is 22.4 Å². The highest BCUT2D eigenvalue weighted by atomic mass is 32.2. The Hall–Kier alpha value is -3.16. The fraction of sp³-hybridized carbons (Fsp3) is 0.208. The first kappa shape index (κ1) is 21.1. The first-order valence-electron chi connectivity index (χ1n) is 9.95. The Morgan fingerprint density at radius 2 is 1.35 bits per heavy atom. The Labute approximate surface area is 182 Å². The Bertz CT molecular complexity index is 1180. The summed E-state index contributed by atoms with van der Waals surface area (Å²) < 4.78 is 33.5. The summed E-state index contributed by atoms with van der Waals surface area (Å²) >= 11 is 0. The van der Waals surface area contributed by atoms with Crippen molar-refractivity contribution in [2.24, 2.45) is 0 Å². The summed E-state index contributed by atoms with van der Waals surface area (Å²) in [5, 5.41) is 2.91. The van der Waals surface area contributed by atoms with E-state index in [2.05, 4.69) is 10.0 Å². The number of amides is 1. The number of fused-ring (bicyclic) bond motifs is 2. The van der Waals surface area contributed by atoms with E-state index >= 15 is 0 Å². The van der Waals surface area contributed by atoms with Crippen molar-refractivity contribution in [1.29, 1.82) is 0 Å². The third-order valence-corrected chi connectivity index (χ3v) is 6.59. The molecule has 0 unspecified atom stereocenters. The van der Waals surface area contributed by atoms with Crippen LogP contribution < -0.4 is 14.8 Å². The van der Waals surface area contributed by atoms with Crippen LogP contribution in [0.3, 0.4) is 0 Å². The monoisotopic (exact) mass is 436 g/mol. The van der Waals surface area contributed by atoms with Crippen molar-refractivity contribution in [3.8, 4) is 11.5 Å². The fourth-order valence-corrected chi connectivity index (χ4v) is 5.00. The predicted octanol–water partition coefficient (Wildman–Crippen LogP) is 4.64. The second kappa shape index (κ2) is 7.83.